The first-order chi connectivity index (χ1) is 9.49. The molecule has 0 aliphatic heterocycles. The van der Waals surface area contributed by atoms with E-state index in [2.05, 4.69) is 40.7 Å². The van der Waals surface area contributed by atoms with Crippen molar-refractivity contribution in [3.05, 3.63) is 33.3 Å². The Bertz CT molecular complexity index is 415. The maximum atomic E-state index is 6.20. The van der Waals surface area contributed by atoms with E-state index in [4.69, 9.17) is 22.1 Å². The Morgan fingerprint density at radius 1 is 1.40 bits per heavy atom. The van der Waals surface area contributed by atoms with Gasteiger partial charge in [0.25, 0.3) is 0 Å². The number of hydrogen-bond donors (Lipinski definition) is 1. The highest BCUT2D eigenvalue weighted by molar-refractivity contribution is 9.10. The fraction of sp³-hybridized carbons (Fsp3) is 0.600. The smallest absolute Gasteiger partial charge is 0.0589 e. The Morgan fingerprint density at radius 3 is 2.60 bits per heavy atom. The monoisotopic (exact) mass is 362 g/mol. The van der Waals surface area contributed by atoms with E-state index in [0.29, 0.717) is 19.1 Å². The third-order valence-corrected chi connectivity index (χ3v) is 4.41. The second-order valence-electron chi connectivity index (χ2n) is 5.31. The predicted octanol–water partition coefficient (Wildman–Crippen LogP) is 3.71. The molecule has 0 aliphatic carbocycles. The lowest BCUT2D eigenvalue weighted by atomic mass is 10.0. The lowest BCUT2D eigenvalue weighted by Crippen LogP contribution is -2.38. The molecule has 5 heteroatoms. The minimum Gasteiger partial charge on any atom is -0.383 e. The molecule has 0 saturated carbocycles. The lowest BCUT2D eigenvalue weighted by Gasteiger charge is -2.32. The normalized spacial score (nSPS) is 13.2. The maximum absolute atomic E-state index is 6.20. The molecular weight excluding hydrogens is 340 g/mol. The summed E-state index contributed by atoms with van der Waals surface area (Å²) in [5.41, 5.74) is 7.15. The number of methoxy groups -OCH3 is 1. The molecule has 0 saturated heterocycles. The van der Waals surface area contributed by atoms with Gasteiger partial charge in [-0.05, 0) is 39.5 Å². The molecule has 1 atom stereocenters. The van der Waals surface area contributed by atoms with E-state index in [0.717, 1.165) is 28.1 Å². The second kappa shape index (κ2) is 9.00. The predicted molar refractivity (Wildman–Crippen MR) is 89.2 cm³/mol. The molecule has 0 fully saturated rings. The summed E-state index contributed by atoms with van der Waals surface area (Å²) in [6.07, 6.45) is 0. The van der Waals surface area contributed by atoms with Gasteiger partial charge >= 0.3 is 0 Å². The third-order valence-electron chi connectivity index (χ3n) is 3.17. The second-order valence-corrected chi connectivity index (χ2v) is 6.57. The van der Waals surface area contributed by atoms with E-state index in [1.807, 2.05) is 12.1 Å². The molecule has 1 rings (SSSR count). The molecule has 1 aromatic rings. The number of nitrogens with zero attached hydrogens (tertiary/aromatic N) is 1. The highest BCUT2D eigenvalue weighted by atomic mass is 79.9. The van der Waals surface area contributed by atoms with E-state index < -0.39 is 0 Å². The van der Waals surface area contributed by atoms with Gasteiger partial charge in [-0.1, -0.05) is 31.5 Å². The molecule has 0 aliphatic rings. The average Bonchev–Trinajstić information content (AvgIpc) is 2.40. The van der Waals surface area contributed by atoms with E-state index in [1.165, 1.54) is 0 Å². The molecule has 3 nitrogen and oxygen atoms in total. The number of ether oxygens (including phenoxy) is 1. The van der Waals surface area contributed by atoms with Crippen molar-refractivity contribution in [2.24, 2.45) is 11.7 Å². The fourth-order valence-corrected chi connectivity index (χ4v) is 2.70. The zero-order valence-electron chi connectivity index (χ0n) is 12.4. The summed E-state index contributed by atoms with van der Waals surface area (Å²) in [5.74, 6) is 0.576. The van der Waals surface area contributed by atoms with Crippen molar-refractivity contribution in [1.82, 2.24) is 4.90 Å². The SMILES string of the molecule is COCCN(CC(C)C)C(CN)c1ccc(Br)c(Cl)c1. The van der Waals surface area contributed by atoms with Crippen LogP contribution >= 0.6 is 27.5 Å². The minimum absolute atomic E-state index is 0.165. The van der Waals surface area contributed by atoms with Gasteiger partial charge < -0.3 is 10.5 Å². The molecular formula is C15H24BrClN2O. The largest absolute Gasteiger partial charge is 0.383 e. The number of benzene rings is 1. The van der Waals surface area contributed by atoms with Gasteiger partial charge in [0.2, 0.25) is 0 Å². The van der Waals surface area contributed by atoms with Crippen LogP contribution in [-0.4, -0.2) is 38.3 Å². The van der Waals surface area contributed by atoms with Gasteiger partial charge in [0.1, 0.15) is 0 Å². The summed E-state index contributed by atoms with van der Waals surface area (Å²) in [6, 6.07) is 6.21. The van der Waals surface area contributed by atoms with Crippen molar-refractivity contribution < 1.29 is 4.74 Å². The van der Waals surface area contributed by atoms with E-state index in [1.54, 1.807) is 7.11 Å². The molecule has 0 bridgehead atoms. The summed E-state index contributed by atoms with van der Waals surface area (Å²) < 4.78 is 6.12. The summed E-state index contributed by atoms with van der Waals surface area (Å²) in [7, 11) is 1.72. The molecule has 0 heterocycles. The zero-order valence-corrected chi connectivity index (χ0v) is 14.7. The van der Waals surface area contributed by atoms with Gasteiger partial charge in [-0.2, -0.15) is 0 Å². The van der Waals surface area contributed by atoms with Crippen molar-refractivity contribution >= 4 is 27.5 Å². The van der Waals surface area contributed by atoms with Gasteiger partial charge in [0, 0.05) is 37.3 Å². The van der Waals surface area contributed by atoms with Gasteiger partial charge in [-0.3, -0.25) is 4.90 Å². The summed E-state index contributed by atoms with van der Waals surface area (Å²) in [6.45, 7) is 7.54. The van der Waals surface area contributed by atoms with Gasteiger partial charge in [-0.25, -0.2) is 0 Å². The highest BCUT2D eigenvalue weighted by Gasteiger charge is 2.20. The van der Waals surface area contributed by atoms with Crippen LogP contribution in [0.1, 0.15) is 25.5 Å². The molecule has 2 N–H and O–H groups in total. The van der Waals surface area contributed by atoms with Crippen LogP contribution in [0, 0.1) is 5.92 Å². The summed E-state index contributed by atoms with van der Waals surface area (Å²) in [4.78, 5) is 2.37. The van der Waals surface area contributed by atoms with Gasteiger partial charge in [0.15, 0.2) is 0 Å². The van der Waals surface area contributed by atoms with Gasteiger partial charge in [0.05, 0.1) is 11.6 Å². The van der Waals surface area contributed by atoms with Crippen molar-refractivity contribution in [2.45, 2.75) is 19.9 Å². The zero-order chi connectivity index (χ0) is 15.1. The van der Waals surface area contributed by atoms with Crippen LogP contribution in [0.25, 0.3) is 0 Å². The third kappa shape index (κ3) is 5.34. The number of rotatable bonds is 8. The first-order valence-electron chi connectivity index (χ1n) is 6.87. The molecule has 1 unspecified atom stereocenters. The molecule has 0 amide bonds. The Hall–Kier alpha value is -0.130. The molecule has 0 spiro atoms. The van der Waals surface area contributed by atoms with Crippen LogP contribution in [0.2, 0.25) is 5.02 Å². The van der Waals surface area contributed by atoms with Crippen LogP contribution in [0.15, 0.2) is 22.7 Å². The van der Waals surface area contributed by atoms with Crippen molar-refractivity contribution in [3.63, 3.8) is 0 Å². The summed E-state index contributed by atoms with van der Waals surface area (Å²) in [5, 5.41) is 0.720. The van der Waals surface area contributed by atoms with Crippen LogP contribution in [0.4, 0.5) is 0 Å². The van der Waals surface area contributed by atoms with E-state index in [-0.39, 0.29) is 6.04 Å². The summed E-state index contributed by atoms with van der Waals surface area (Å²) >= 11 is 9.62. The average molecular weight is 364 g/mol. The Balaban J connectivity index is 2.94. The van der Waals surface area contributed by atoms with Crippen LogP contribution in [0.5, 0.6) is 0 Å². The first-order valence-corrected chi connectivity index (χ1v) is 8.04. The van der Waals surface area contributed by atoms with Crippen molar-refractivity contribution in [3.8, 4) is 0 Å². The van der Waals surface area contributed by atoms with E-state index in [9.17, 15) is 0 Å². The standard InChI is InChI=1S/C15H24BrClN2O/c1-11(2)10-19(6-7-20-3)15(9-18)12-4-5-13(16)14(17)8-12/h4-5,8,11,15H,6-7,9-10,18H2,1-3H3. The van der Waals surface area contributed by atoms with Crippen LogP contribution in [-0.2, 0) is 4.74 Å². The first kappa shape index (κ1) is 17.9. The lowest BCUT2D eigenvalue weighted by molar-refractivity contribution is 0.112. The van der Waals surface area contributed by atoms with Crippen molar-refractivity contribution in [1.29, 1.82) is 0 Å². The van der Waals surface area contributed by atoms with Gasteiger partial charge in [-0.15, -0.1) is 0 Å². The minimum atomic E-state index is 0.165. The topological polar surface area (TPSA) is 38.5 Å². The molecule has 0 aromatic heterocycles. The molecule has 114 valence electrons. The van der Waals surface area contributed by atoms with Crippen molar-refractivity contribution in [2.75, 3.05) is 33.4 Å². The van der Waals surface area contributed by atoms with Crippen LogP contribution < -0.4 is 5.73 Å². The number of hydrogen-bond acceptors (Lipinski definition) is 3. The van der Waals surface area contributed by atoms with Crippen LogP contribution in [0.3, 0.4) is 0 Å². The fourth-order valence-electron chi connectivity index (χ4n) is 2.27. The maximum Gasteiger partial charge on any atom is 0.0589 e. The quantitative estimate of drug-likeness (QED) is 0.765. The Labute approximate surface area is 135 Å². The highest BCUT2D eigenvalue weighted by Crippen LogP contribution is 2.28. The molecule has 1 aromatic carbocycles. The Morgan fingerprint density at radius 2 is 2.10 bits per heavy atom. The molecule has 20 heavy (non-hydrogen) atoms. The number of halogens is 2. The Kier molecular flexibility index (Phi) is 8.07. The van der Waals surface area contributed by atoms with E-state index >= 15 is 0 Å². The number of nitrogens with two attached hydrogens (primary N) is 1. The molecule has 0 radical (unpaired) electrons.